The molecule has 0 bridgehead atoms. The predicted octanol–water partition coefficient (Wildman–Crippen LogP) is 1.37. The Kier molecular flexibility index (Phi) is 4.25. The summed E-state index contributed by atoms with van der Waals surface area (Å²) in [7, 11) is 0. The average Bonchev–Trinajstić information content (AvgIpc) is 2.67. The Morgan fingerprint density at radius 3 is 2.33 bits per heavy atom. The number of piperidine rings is 1. The van der Waals surface area contributed by atoms with Gasteiger partial charge >= 0.3 is 5.69 Å². The Bertz CT molecular complexity index is 571. The number of hydrogen-bond acceptors (Lipinski definition) is 3. The molecule has 1 aromatic rings. The van der Waals surface area contributed by atoms with Gasteiger partial charge in [-0.1, -0.05) is 6.92 Å². The fraction of sp³-hybridized carbons (Fsp3) is 0.800. The van der Waals surface area contributed by atoms with Crippen LogP contribution in [0, 0.1) is 12.8 Å². The van der Waals surface area contributed by atoms with E-state index in [-0.39, 0.29) is 23.7 Å². The molecule has 0 spiro atoms. The van der Waals surface area contributed by atoms with Gasteiger partial charge in [0.15, 0.2) is 0 Å². The molecule has 0 radical (unpaired) electrons. The van der Waals surface area contributed by atoms with Crippen molar-refractivity contribution in [3.05, 3.63) is 16.3 Å². The van der Waals surface area contributed by atoms with Crippen LogP contribution in [-0.4, -0.2) is 38.2 Å². The molecule has 2 rings (SSSR count). The molecule has 6 nitrogen and oxygen atoms in total. The first kappa shape index (κ1) is 15.8. The van der Waals surface area contributed by atoms with Crippen molar-refractivity contribution in [1.29, 1.82) is 0 Å². The number of carbonyl (C=O) groups excluding carboxylic acids is 1. The lowest BCUT2D eigenvalue weighted by Gasteiger charge is -2.30. The lowest BCUT2D eigenvalue weighted by molar-refractivity contribution is -0.133. The molecule has 1 saturated heterocycles. The van der Waals surface area contributed by atoms with Crippen LogP contribution in [0.2, 0.25) is 0 Å². The van der Waals surface area contributed by atoms with Crippen molar-refractivity contribution < 1.29 is 4.79 Å². The van der Waals surface area contributed by atoms with E-state index in [0.29, 0.717) is 11.7 Å². The first-order valence-corrected chi connectivity index (χ1v) is 7.65. The van der Waals surface area contributed by atoms with E-state index < -0.39 is 0 Å². The molecule has 0 saturated carbocycles. The molecule has 1 fully saturated rings. The van der Waals surface area contributed by atoms with Crippen LogP contribution in [0.3, 0.4) is 0 Å². The molecule has 2 heterocycles. The molecule has 1 aliphatic heterocycles. The standard InChI is InChI=1S/C15H26N4O2/c1-11-6-8-17(9-7-11)13(20)10-18-12(2)16-19(14(18)21)15(3,4)5/h11H,6-10H2,1-5H3. The maximum absolute atomic E-state index is 12.4. The highest BCUT2D eigenvalue weighted by atomic mass is 16.2. The third-order valence-corrected chi connectivity index (χ3v) is 4.11. The zero-order valence-electron chi connectivity index (χ0n) is 13.7. The van der Waals surface area contributed by atoms with Crippen molar-refractivity contribution in [3.63, 3.8) is 0 Å². The minimum absolute atomic E-state index is 0.0144. The van der Waals surface area contributed by atoms with Crippen molar-refractivity contribution in [3.8, 4) is 0 Å². The van der Waals surface area contributed by atoms with Crippen LogP contribution in [0.25, 0.3) is 0 Å². The van der Waals surface area contributed by atoms with Crippen LogP contribution in [0.1, 0.15) is 46.4 Å². The molecular weight excluding hydrogens is 268 g/mol. The number of likely N-dealkylation sites (tertiary alicyclic amines) is 1. The highest BCUT2D eigenvalue weighted by molar-refractivity contribution is 5.76. The summed E-state index contributed by atoms with van der Waals surface area (Å²) >= 11 is 0. The van der Waals surface area contributed by atoms with Crippen LogP contribution in [0.4, 0.5) is 0 Å². The lowest BCUT2D eigenvalue weighted by Crippen LogP contribution is -2.42. The van der Waals surface area contributed by atoms with Gasteiger partial charge in [-0.25, -0.2) is 9.48 Å². The van der Waals surface area contributed by atoms with Crippen molar-refractivity contribution in [2.75, 3.05) is 13.1 Å². The van der Waals surface area contributed by atoms with E-state index in [1.165, 1.54) is 9.25 Å². The molecule has 0 aromatic carbocycles. The number of rotatable bonds is 2. The smallest absolute Gasteiger partial charge is 0.341 e. The average molecular weight is 294 g/mol. The third kappa shape index (κ3) is 3.36. The van der Waals surface area contributed by atoms with Gasteiger partial charge in [-0.3, -0.25) is 9.36 Å². The largest absolute Gasteiger partial charge is 0.346 e. The summed E-state index contributed by atoms with van der Waals surface area (Å²) in [6.45, 7) is 11.5. The molecule has 1 aromatic heterocycles. The summed E-state index contributed by atoms with van der Waals surface area (Å²) in [5, 5.41) is 4.29. The third-order valence-electron chi connectivity index (χ3n) is 4.11. The van der Waals surface area contributed by atoms with Crippen LogP contribution in [0.15, 0.2) is 4.79 Å². The number of hydrogen-bond donors (Lipinski definition) is 0. The second kappa shape index (κ2) is 5.66. The van der Waals surface area contributed by atoms with Gasteiger partial charge in [-0.05, 0) is 46.5 Å². The van der Waals surface area contributed by atoms with Crippen molar-refractivity contribution in [1.82, 2.24) is 19.2 Å². The van der Waals surface area contributed by atoms with E-state index in [2.05, 4.69) is 12.0 Å². The Hall–Kier alpha value is -1.59. The number of amides is 1. The summed E-state index contributed by atoms with van der Waals surface area (Å²) in [4.78, 5) is 26.6. The van der Waals surface area contributed by atoms with E-state index in [1.807, 2.05) is 25.7 Å². The maximum Gasteiger partial charge on any atom is 0.346 e. The fourth-order valence-corrected chi connectivity index (χ4v) is 2.61. The molecule has 1 amide bonds. The van der Waals surface area contributed by atoms with Crippen LogP contribution in [0.5, 0.6) is 0 Å². The highest BCUT2D eigenvalue weighted by Gasteiger charge is 2.25. The van der Waals surface area contributed by atoms with Gasteiger partial charge in [0.25, 0.3) is 0 Å². The van der Waals surface area contributed by atoms with E-state index in [0.717, 1.165) is 25.9 Å². The van der Waals surface area contributed by atoms with Gasteiger partial charge in [-0.15, -0.1) is 0 Å². The Labute approximate surface area is 125 Å². The van der Waals surface area contributed by atoms with Crippen LogP contribution in [-0.2, 0) is 16.9 Å². The molecule has 0 aliphatic carbocycles. The van der Waals surface area contributed by atoms with E-state index in [4.69, 9.17) is 0 Å². The van der Waals surface area contributed by atoms with Gasteiger partial charge in [0.1, 0.15) is 12.4 Å². The van der Waals surface area contributed by atoms with Gasteiger partial charge in [0.05, 0.1) is 5.54 Å². The topological polar surface area (TPSA) is 60.1 Å². The molecule has 118 valence electrons. The van der Waals surface area contributed by atoms with Gasteiger partial charge in [-0.2, -0.15) is 5.10 Å². The summed E-state index contributed by atoms with van der Waals surface area (Å²) in [6.07, 6.45) is 2.09. The zero-order valence-corrected chi connectivity index (χ0v) is 13.7. The molecule has 1 aliphatic rings. The second-order valence-electron chi connectivity index (χ2n) is 7.06. The van der Waals surface area contributed by atoms with Gasteiger partial charge < -0.3 is 4.90 Å². The second-order valence-corrected chi connectivity index (χ2v) is 7.06. The SMILES string of the molecule is Cc1nn(C(C)(C)C)c(=O)n1CC(=O)N1CCC(C)CC1. The summed E-state index contributed by atoms with van der Waals surface area (Å²) < 4.78 is 2.93. The molecule has 6 heteroatoms. The molecule has 0 N–H and O–H groups in total. The minimum Gasteiger partial charge on any atom is -0.341 e. The Balaban J connectivity index is 2.15. The number of nitrogens with zero attached hydrogens (tertiary/aromatic N) is 4. The van der Waals surface area contributed by atoms with Crippen LogP contribution >= 0.6 is 0 Å². The minimum atomic E-state index is -0.378. The summed E-state index contributed by atoms with van der Waals surface area (Å²) in [5.74, 6) is 1.29. The Morgan fingerprint density at radius 2 is 1.86 bits per heavy atom. The monoisotopic (exact) mass is 294 g/mol. The zero-order chi connectivity index (χ0) is 15.8. The van der Waals surface area contributed by atoms with Crippen molar-refractivity contribution in [2.45, 2.75) is 59.5 Å². The maximum atomic E-state index is 12.4. The van der Waals surface area contributed by atoms with E-state index in [1.54, 1.807) is 6.92 Å². The van der Waals surface area contributed by atoms with Crippen molar-refractivity contribution in [2.24, 2.45) is 5.92 Å². The van der Waals surface area contributed by atoms with Gasteiger partial charge in [0, 0.05) is 13.1 Å². The fourth-order valence-electron chi connectivity index (χ4n) is 2.61. The molecular formula is C15H26N4O2. The van der Waals surface area contributed by atoms with E-state index >= 15 is 0 Å². The number of aromatic nitrogens is 3. The van der Waals surface area contributed by atoms with Crippen molar-refractivity contribution >= 4 is 5.91 Å². The first-order valence-electron chi connectivity index (χ1n) is 7.65. The first-order chi connectivity index (χ1) is 9.70. The summed E-state index contributed by atoms with van der Waals surface area (Å²) in [5.41, 5.74) is -0.588. The lowest BCUT2D eigenvalue weighted by atomic mass is 9.99. The quantitative estimate of drug-likeness (QED) is 0.827. The summed E-state index contributed by atoms with van der Waals surface area (Å²) in [6, 6.07) is 0. The highest BCUT2D eigenvalue weighted by Crippen LogP contribution is 2.16. The Morgan fingerprint density at radius 1 is 1.29 bits per heavy atom. The molecule has 21 heavy (non-hydrogen) atoms. The predicted molar refractivity (Wildman–Crippen MR) is 81.2 cm³/mol. The molecule has 0 unspecified atom stereocenters. The number of aryl methyl sites for hydroxylation is 1. The molecule has 0 atom stereocenters. The number of carbonyl (C=O) groups is 1. The van der Waals surface area contributed by atoms with Crippen LogP contribution < -0.4 is 5.69 Å². The normalized spacial score (nSPS) is 17.3. The van der Waals surface area contributed by atoms with Gasteiger partial charge in [0.2, 0.25) is 5.91 Å². The van der Waals surface area contributed by atoms with E-state index in [9.17, 15) is 9.59 Å².